The van der Waals surface area contributed by atoms with Gasteiger partial charge in [0.2, 0.25) is 5.91 Å². The van der Waals surface area contributed by atoms with Crippen molar-refractivity contribution in [1.82, 2.24) is 20.2 Å². The normalized spacial score (nSPS) is 14.1. The molecule has 138 valence electrons. The van der Waals surface area contributed by atoms with Crippen molar-refractivity contribution in [1.29, 1.82) is 0 Å². The molecule has 7 nitrogen and oxygen atoms in total. The highest BCUT2D eigenvalue weighted by molar-refractivity contribution is 7.98. The van der Waals surface area contributed by atoms with E-state index in [9.17, 15) is 9.59 Å². The van der Waals surface area contributed by atoms with Gasteiger partial charge in [-0.2, -0.15) is 0 Å². The van der Waals surface area contributed by atoms with Crippen LogP contribution in [0.1, 0.15) is 35.3 Å². The molecular formula is C18H22N4O3S. The molecule has 8 heteroatoms. The van der Waals surface area contributed by atoms with E-state index in [-0.39, 0.29) is 11.8 Å². The number of hydrogen-bond acceptors (Lipinski definition) is 6. The average Bonchev–Trinajstić information content (AvgIpc) is 3.29. The van der Waals surface area contributed by atoms with Gasteiger partial charge in [-0.3, -0.25) is 9.59 Å². The first kappa shape index (κ1) is 18.4. The molecule has 3 rings (SSSR count). The van der Waals surface area contributed by atoms with Crippen LogP contribution in [0.2, 0.25) is 0 Å². The summed E-state index contributed by atoms with van der Waals surface area (Å²) in [7, 11) is 0. The van der Waals surface area contributed by atoms with Gasteiger partial charge in [0.05, 0.1) is 17.5 Å². The van der Waals surface area contributed by atoms with E-state index in [4.69, 9.17) is 4.42 Å². The third-order valence-electron chi connectivity index (χ3n) is 4.28. The lowest BCUT2D eigenvalue weighted by Crippen LogP contribution is -2.31. The third-order valence-corrected chi connectivity index (χ3v) is 4.96. The van der Waals surface area contributed by atoms with Crippen LogP contribution in [0.4, 0.5) is 0 Å². The summed E-state index contributed by atoms with van der Waals surface area (Å²) in [6.45, 7) is 3.81. The van der Waals surface area contributed by atoms with Crippen LogP contribution in [0.25, 0.3) is 11.6 Å². The Kier molecular flexibility index (Phi) is 5.92. The van der Waals surface area contributed by atoms with E-state index in [1.54, 1.807) is 25.3 Å². The summed E-state index contributed by atoms with van der Waals surface area (Å²) in [5.41, 5.74) is 1.10. The highest BCUT2D eigenvalue weighted by atomic mass is 32.2. The zero-order valence-electron chi connectivity index (χ0n) is 14.9. The Morgan fingerprint density at radius 1 is 1.42 bits per heavy atom. The number of nitrogens with one attached hydrogen (secondary N) is 1. The fourth-order valence-corrected chi connectivity index (χ4v) is 3.59. The summed E-state index contributed by atoms with van der Waals surface area (Å²) in [6, 6.07) is 3.57. The summed E-state index contributed by atoms with van der Waals surface area (Å²) in [6.07, 6.45) is 5.75. The molecule has 2 amide bonds. The number of thioether (sulfide) groups is 1. The lowest BCUT2D eigenvalue weighted by Gasteiger charge is -2.16. The van der Waals surface area contributed by atoms with Crippen molar-refractivity contribution in [3.8, 4) is 11.6 Å². The van der Waals surface area contributed by atoms with Gasteiger partial charge in [-0.05, 0) is 38.2 Å². The Labute approximate surface area is 156 Å². The topological polar surface area (TPSA) is 88.3 Å². The second kappa shape index (κ2) is 8.35. The minimum Gasteiger partial charge on any atom is -0.461 e. The van der Waals surface area contributed by atoms with Crippen molar-refractivity contribution >= 4 is 23.6 Å². The molecule has 1 aliphatic rings. The molecule has 0 atom stereocenters. The summed E-state index contributed by atoms with van der Waals surface area (Å²) in [5, 5.41) is 3.54. The molecule has 3 heterocycles. The third kappa shape index (κ3) is 4.07. The van der Waals surface area contributed by atoms with Gasteiger partial charge in [0.1, 0.15) is 5.03 Å². The van der Waals surface area contributed by atoms with Crippen molar-refractivity contribution in [2.75, 3.05) is 25.9 Å². The van der Waals surface area contributed by atoms with Crippen LogP contribution in [-0.2, 0) is 4.79 Å². The molecule has 0 spiro atoms. The summed E-state index contributed by atoms with van der Waals surface area (Å²) in [4.78, 5) is 34.9. The second-order valence-corrected chi connectivity index (χ2v) is 6.88. The second-order valence-electron chi connectivity index (χ2n) is 6.09. The molecule has 1 fully saturated rings. The van der Waals surface area contributed by atoms with Gasteiger partial charge in [-0.25, -0.2) is 9.97 Å². The first-order valence-electron chi connectivity index (χ1n) is 8.62. The highest BCUT2D eigenvalue weighted by Crippen LogP contribution is 2.25. The SMILES string of the molecule is CSc1nc(-c2ccco2)nc(C)c1C(=O)NCCCN1CCCC1=O. The lowest BCUT2D eigenvalue weighted by molar-refractivity contribution is -0.127. The average molecular weight is 374 g/mol. The molecule has 0 saturated carbocycles. The largest absolute Gasteiger partial charge is 0.461 e. The number of likely N-dealkylation sites (tertiary alicyclic amines) is 1. The molecule has 26 heavy (non-hydrogen) atoms. The van der Waals surface area contributed by atoms with E-state index in [2.05, 4.69) is 15.3 Å². The Morgan fingerprint density at radius 3 is 2.92 bits per heavy atom. The number of hydrogen-bond donors (Lipinski definition) is 1. The van der Waals surface area contributed by atoms with Crippen molar-refractivity contribution in [3.05, 3.63) is 29.7 Å². The van der Waals surface area contributed by atoms with Crippen molar-refractivity contribution in [2.24, 2.45) is 0 Å². The monoisotopic (exact) mass is 374 g/mol. The molecule has 0 aromatic carbocycles. The first-order chi connectivity index (χ1) is 12.6. The van der Waals surface area contributed by atoms with E-state index >= 15 is 0 Å². The van der Waals surface area contributed by atoms with Gasteiger partial charge in [-0.1, -0.05) is 0 Å². The Bertz CT molecular complexity index is 792. The molecule has 2 aromatic heterocycles. The van der Waals surface area contributed by atoms with Crippen molar-refractivity contribution < 1.29 is 14.0 Å². The molecule has 0 radical (unpaired) electrons. The number of carbonyl (C=O) groups is 2. The molecule has 0 aliphatic carbocycles. The number of amides is 2. The van der Waals surface area contributed by atoms with Crippen LogP contribution in [-0.4, -0.2) is 52.6 Å². The number of furan rings is 1. The van der Waals surface area contributed by atoms with Gasteiger partial charge in [-0.15, -0.1) is 11.8 Å². The van der Waals surface area contributed by atoms with E-state index < -0.39 is 0 Å². The van der Waals surface area contributed by atoms with Gasteiger partial charge in [0, 0.05) is 26.1 Å². The van der Waals surface area contributed by atoms with Crippen LogP contribution in [0, 0.1) is 6.92 Å². The maximum atomic E-state index is 12.6. The molecule has 2 aromatic rings. The minimum absolute atomic E-state index is 0.189. The van der Waals surface area contributed by atoms with E-state index in [0.717, 1.165) is 19.4 Å². The van der Waals surface area contributed by atoms with Gasteiger partial charge in [0.25, 0.3) is 5.91 Å². The number of nitrogens with zero attached hydrogens (tertiary/aromatic N) is 3. The van der Waals surface area contributed by atoms with Crippen LogP contribution >= 0.6 is 11.8 Å². The fraction of sp³-hybridized carbons (Fsp3) is 0.444. The zero-order chi connectivity index (χ0) is 18.5. The number of rotatable bonds is 7. The quantitative estimate of drug-likeness (QED) is 0.455. The lowest BCUT2D eigenvalue weighted by atomic mass is 10.2. The summed E-state index contributed by atoms with van der Waals surface area (Å²) < 4.78 is 5.34. The molecule has 0 bridgehead atoms. The Balaban J connectivity index is 1.64. The molecular weight excluding hydrogens is 352 g/mol. The van der Waals surface area contributed by atoms with Crippen molar-refractivity contribution in [2.45, 2.75) is 31.2 Å². The van der Waals surface area contributed by atoms with E-state index in [1.807, 2.05) is 11.2 Å². The summed E-state index contributed by atoms with van der Waals surface area (Å²) in [5.74, 6) is 1.07. The smallest absolute Gasteiger partial charge is 0.255 e. The van der Waals surface area contributed by atoms with Crippen LogP contribution in [0.15, 0.2) is 27.8 Å². The first-order valence-corrected chi connectivity index (χ1v) is 9.85. The number of aromatic nitrogens is 2. The maximum absolute atomic E-state index is 12.6. The zero-order valence-corrected chi connectivity index (χ0v) is 15.8. The van der Waals surface area contributed by atoms with Gasteiger partial charge in [0.15, 0.2) is 11.6 Å². The number of aryl methyl sites for hydroxylation is 1. The molecule has 1 aliphatic heterocycles. The van der Waals surface area contributed by atoms with Crippen LogP contribution in [0.5, 0.6) is 0 Å². The summed E-state index contributed by atoms with van der Waals surface area (Å²) >= 11 is 1.40. The maximum Gasteiger partial charge on any atom is 0.255 e. The van der Waals surface area contributed by atoms with Gasteiger partial charge >= 0.3 is 0 Å². The van der Waals surface area contributed by atoms with Crippen molar-refractivity contribution in [3.63, 3.8) is 0 Å². The molecule has 1 N–H and O–H groups in total. The van der Waals surface area contributed by atoms with Crippen LogP contribution < -0.4 is 5.32 Å². The minimum atomic E-state index is -0.189. The standard InChI is InChI=1S/C18H22N4O3S/c1-12-15(17(24)19-8-5-10-22-9-3-7-14(22)23)18(26-2)21-16(20-12)13-6-4-11-25-13/h4,6,11H,3,5,7-10H2,1-2H3,(H,19,24). The number of carbonyl (C=O) groups excluding carboxylic acids is 2. The van der Waals surface area contributed by atoms with E-state index in [1.165, 1.54) is 11.8 Å². The molecule has 1 saturated heterocycles. The van der Waals surface area contributed by atoms with E-state index in [0.29, 0.717) is 47.4 Å². The van der Waals surface area contributed by atoms with Gasteiger partial charge < -0.3 is 14.6 Å². The molecule has 0 unspecified atom stereocenters. The Hall–Kier alpha value is -2.35. The predicted molar refractivity (Wildman–Crippen MR) is 99.0 cm³/mol. The Morgan fingerprint density at radius 2 is 2.27 bits per heavy atom. The predicted octanol–water partition coefficient (Wildman–Crippen LogP) is 2.51. The fourth-order valence-electron chi connectivity index (χ4n) is 2.97. The highest BCUT2D eigenvalue weighted by Gasteiger charge is 2.21. The van der Waals surface area contributed by atoms with Crippen LogP contribution in [0.3, 0.4) is 0 Å².